The van der Waals surface area contributed by atoms with Gasteiger partial charge in [0.25, 0.3) is 0 Å². The number of rotatable bonds is 8. The van der Waals surface area contributed by atoms with E-state index in [1.807, 2.05) is 23.1 Å². The first-order valence-electron chi connectivity index (χ1n) is 9.80. The summed E-state index contributed by atoms with van der Waals surface area (Å²) in [4.78, 5) is 4.21. The van der Waals surface area contributed by atoms with Gasteiger partial charge >= 0.3 is 0 Å². The standard InChI is InChI=1S/C22H29ClN2O3/c1-4-24(5-2)13-8-14-25-19-12-11-16(23)15-18(19)22(27,21(25)26)17-9-6-7-10-20(17)28-3/h6-7,9-12,15,21,26-27H,4-5,8,13-14H2,1-3H3. The fourth-order valence-corrected chi connectivity index (χ4v) is 4.22. The number of nitrogens with zero attached hydrogens (tertiary/aromatic N) is 2. The van der Waals surface area contributed by atoms with Gasteiger partial charge in [-0.25, -0.2) is 0 Å². The monoisotopic (exact) mass is 404 g/mol. The molecule has 6 heteroatoms. The minimum atomic E-state index is -1.62. The predicted molar refractivity (Wildman–Crippen MR) is 113 cm³/mol. The van der Waals surface area contributed by atoms with E-state index >= 15 is 0 Å². The molecule has 0 amide bonds. The van der Waals surface area contributed by atoms with Crippen molar-refractivity contribution in [2.75, 3.05) is 38.2 Å². The second kappa shape index (κ2) is 8.70. The minimum absolute atomic E-state index is 0.518. The van der Waals surface area contributed by atoms with E-state index in [1.165, 1.54) is 0 Å². The maximum absolute atomic E-state index is 11.8. The third-order valence-corrected chi connectivity index (χ3v) is 5.87. The topological polar surface area (TPSA) is 56.2 Å². The summed E-state index contributed by atoms with van der Waals surface area (Å²) in [6, 6.07) is 12.6. The molecule has 3 rings (SSSR count). The highest BCUT2D eigenvalue weighted by molar-refractivity contribution is 6.30. The average Bonchev–Trinajstić information content (AvgIpc) is 2.93. The molecule has 0 radical (unpaired) electrons. The summed E-state index contributed by atoms with van der Waals surface area (Å²) in [7, 11) is 1.56. The highest BCUT2D eigenvalue weighted by Gasteiger charge is 2.51. The van der Waals surface area contributed by atoms with Gasteiger partial charge in [-0.3, -0.25) is 0 Å². The number of anilines is 1. The molecule has 1 heterocycles. The van der Waals surface area contributed by atoms with E-state index in [0.717, 1.165) is 31.7 Å². The van der Waals surface area contributed by atoms with Gasteiger partial charge in [0.2, 0.25) is 0 Å². The molecule has 2 unspecified atom stereocenters. The maximum atomic E-state index is 11.8. The summed E-state index contributed by atoms with van der Waals surface area (Å²) in [5.41, 5.74) is 0.298. The number of ether oxygens (including phenoxy) is 1. The first-order chi connectivity index (χ1) is 13.5. The summed E-state index contributed by atoms with van der Waals surface area (Å²) < 4.78 is 5.46. The average molecular weight is 405 g/mol. The normalized spacial score (nSPS) is 21.2. The molecule has 152 valence electrons. The summed E-state index contributed by atoms with van der Waals surface area (Å²) in [6.07, 6.45) is -0.253. The van der Waals surface area contributed by atoms with Gasteiger partial charge in [-0.1, -0.05) is 43.6 Å². The van der Waals surface area contributed by atoms with Crippen molar-refractivity contribution in [1.29, 1.82) is 0 Å². The van der Waals surface area contributed by atoms with E-state index in [0.29, 0.717) is 28.4 Å². The van der Waals surface area contributed by atoms with E-state index < -0.39 is 11.8 Å². The minimum Gasteiger partial charge on any atom is -0.496 e. The Morgan fingerprint density at radius 3 is 2.54 bits per heavy atom. The highest BCUT2D eigenvalue weighted by Crippen LogP contribution is 2.49. The second-order valence-electron chi connectivity index (χ2n) is 7.08. The van der Waals surface area contributed by atoms with E-state index in [4.69, 9.17) is 16.3 Å². The molecular weight excluding hydrogens is 376 g/mol. The van der Waals surface area contributed by atoms with Gasteiger partial charge in [-0.15, -0.1) is 0 Å². The van der Waals surface area contributed by atoms with Crippen LogP contribution in [-0.2, 0) is 5.60 Å². The molecule has 0 saturated heterocycles. The molecule has 2 N–H and O–H groups in total. The number of fused-ring (bicyclic) bond motifs is 1. The lowest BCUT2D eigenvalue weighted by molar-refractivity contribution is -0.0398. The fraction of sp³-hybridized carbons (Fsp3) is 0.455. The van der Waals surface area contributed by atoms with Crippen LogP contribution in [0.3, 0.4) is 0 Å². The van der Waals surface area contributed by atoms with Crippen molar-refractivity contribution in [2.45, 2.75) is 32.1 Å². The number of benzene rings is 2. The molecule has 0 bridgehead atoms. The third kappa shape index (κ3) is 3.60. The molecule has 1 aliphatic heterocycles. The molecule has 2 aromatic carbocycles. The Morgan fingerprint density at radius 1 is 1.14 bits per heavy atom. The van der Waals surface area contributed by atoms with E-state index in [9.17, 15) is 10.2 Å². The van der Waals surface area contributed by atoms with Crippen LogP contribution < -0.4 is 9.64 Å². The Balaban J connectivity index is 1.98. The lowest BCUT2D eigenvalue weighted by atomic mass is 9.86. The van der Waals surface area contributed by atoms with Crippen LogP contribution in [0.15, 0.2) is 42.5 Å². The maximum Gasteiger partial charge on any atom is 0.165 e. The van der Waals surface area contributed by atoms with Crippen molar-refractivity contribution >= 4 is 17.3 Å². The summed E-state index contributed by atoms with van der Waals surface area (Å²) >= 11 is 6.24. The van der Waals surface area contributed by atoms with Crippen LogP contribution in [0.2, 0.25) is 5.02 Å². The number of methoxy groups -OCH3 is 1. The number of aliphatic hydroxyl groups excluding tert-OH is 1. The SMILES string of the molecule is CCN(CC)CCCN1c2ccc(Cl)cc2C(O)(c2ccccc2OC)C1O. The summed E-state index contributed by atoms with van der Waals surface area (Å²) in [5, 5.41) is 23.5. The lowest BCUT2D eigenvalue weighted by Gasteiger charge is -2.33. The molecule has 1 aliphatic rings. The molecule has 0 fully saturated rings. The van der Waals surface area contributed by atoms with Gasteiger partial charge in [0.1, 0.15) is 5.75 Å². The molecule has 5 nitrogen and oxygen atoms in total. The highest BCUT2D eigenvalue weighted by atomic mass is 35.5. The number of hydrogen-bond acceptors (Lipinski definition) is 5. The van der Waals surface area contributed by atoms with Crippen LogP contribution in [0, 0.1) is 0 Å². The van der Waals surface area contributed by atoms with E-state index in [2.05, 4.69) is 18.7 Å². The fourth-order valence-electron chi connectivity index (χ4n) is 4.05. The molecule has 2 aromatic rings. The Labute approximate surface area is 172 Å². The largest absolute Gasteiger partial charge is 0.496 e. The van der Waals surface area contributed by atoms with Crippen molar-refractivity contribution < 1.29 is 14.9 Å². The Bertz CT molecular complexity index is 812. The molecule has 0 aliphatic carbocycles. The molecule has 28 heavy (non-hydrogen) atoms. The Morgan fingerprint density at radius 2 is 1.86 bits per heavy atom. The molecule has 0 spiro atoms. The molecule has 2 atom stereocenters. The van der Waals surface area contributed by atoms with Crippen LogP contribution in [0.5, 0.6) is 5.75 Å². The van der Waals surface area contributed by atoms with Gasteiger partial charge < -0.3 is 24.7 Å². The van der Waals surface area contributed by atoms with E-state index in [1.54, 1.807) is 31.4 Å². The Kier molecular flexibility index (Phi) is 6.50. The van der Waals surface area contributed by atoms with Crippen molar-refractivity contribution in [3.05, 3.63) is 58.6 Å². The zero-order valence-corrected chi connectivity index (χ0v) is 17.5. The van der Waals surface area contributed by atoms with Crippen molar-refractivity contribution in [3.8, 4) is 5.75 Å². The predicted octanol–water partition coefficient (Wildman–Crippen LogP) is 3.45. The van der Waals surface area contributed by atoms with Crippen LogP contribution in [0.1, 0.15) is 31.4 Å². The van der Waals surface area contributed by atoms with Crippen LogP contribution in [0.25, 0.3) is 0 Å². The molecular formula is C22H29ClN2O3. The third-order valence-electron chi connectivity index (χ3n) is 5.63. The van der Waals surface area contributed by atoms with Gasteiger partial charge in [0.05, 0.1) is 7.11 Å². The summed E-state index contributed by atoms with van der Waals surface area (Å²) in [5.74, 6) is 0.528. The first kappa shape index (κ1) is 20.9. The Hall–Kier alpha value is -1.79. The van der Waals surface area contributed by atoms with Gasteiger partial charge in [0, 0.05) is 28.4 Å². The van der Waals surface area contributed by atoms with Crippen LogP contribution in [-0.4, -0.2) is 54.6 Å². The zero-order chi connectivity index (χ0) is 20.3. The lowest BCUT2D eigenvalue weighted by Crippen LogP contribution is -2.46. The quantitative estimate of drug-likeness (QED) is 0.705. The van der Waals surface area contributed by atoms with Crippen molar-refractivity contribution in [3.63, 3.8) is 0 Å². The summed E-state index contributed by atoms with van der Waals surface area (Å²) in [6.45, 7) is 7.85. The van der Waals surface area contributed by atoms with E-state index in [-0.39, 0.29) is 0 Å². The number of hydrogen-bond donors (Lipinski definition) is 2. The van der Waals surface area contributed by atoms with Crippen LogP contribution >= 0.6 is 11.6 Å². The second-order valence-corrected chi connectivity index (χ2v) is 7.51. The van der Waals surface area contributed by atoms with Crippen molar-refractivity contribution in [2.24, 2.45) is 0 Å². The van der Waals surface area contributed by atoms with Gasteiger partial charge in [-0.2, -0.15) is 0 Å². The number of para-hydroxylation sites is 1. The van der Waals surface area contributed by atoms with Gasteiger partial charge in [0.15, 0.2) is 11.8 Å². The first-order valence-corrected chi connectivity index (χ1v) is 10.2. The van der Waals surface area contributed by atoms with Crippen LogP contribution in [0.4, 0.5) is 5.69 Å². The number of aliphatic hydroxyl groups is 2. The zero-order valence-electron chi connectivity index (χ0n) is 16.7. The molecule has 0 saturated carbocycles. The van der Waals surface area contributed by atoms with Crippen molar-refractivity contribution in [1.82, 2.24) is 4.90 Å². The molecule has 0 aromatic heterocycles. The smallest absolute Gasteiger partial charge is 0.165 e. The number of halogens is 1. The van der Waals surface area contributed by atoms with Gasteiger partial charge in [-0.05, 0) is 50.3 Å².